The summed E-state index contributed by atoms with van der Waals surface area (Å²) in [6.07, 6.45) is 1.24. The van der Waals surface area contributed by atoms with Crippen molar-refractivity contribution < 1.29 is 19.1 Å². The SMILES string of the molecule is COC(=O)C1CCN(C(=O)c2ccc(NC(=O)c3cccs3)cc2)CC1. The Morgan fingerprint density at radius 3 is 2.38 bits per heavy atom. The van der Waals surface area contributed by atoms with E-state index in [1.54, 1.807) is 35.2 Å². The van der Waals surface area contributed by atoms with Gasteiger partial charge in [-0.2, -0.15) is 0 Å². The maximum absolute atomic E-state index is 12.6. The Hall–Kier alpha value is -2.67. The first-order valence-electron chi connectivity index (χ1n) is 8.40. The predicted octanol–water partition coefficient (Wildman–Crippen LogP) is 3.03. The third-order valence-corrected chi connectivity index (χ3v) is 5.32. The Balaban J connectivity index is 1.57. The number of hydrogen-bond acceptors (Lipinski definition) is 5. The smallest absolute Gasteiger partial charge is 0.308 e. The van der Waals surface area contributed by atoms with E-state index in [4.69, 9.17) is 4.74 Å². The van der Waals surface area contributed by atoms with Gasteiger partial charge >= 0.3 is 5.97 Å². The summed E-state index contributed by atoms with van der Waals surface area (Å²) in [6.45, 7) is 1.07. The average Bonchev–Trinajstić information content (AvgIpc) is 3.22. The standard InChI is InChI=1S/C19H20N2O4S/c1-25-19(24)14-8-10-21(11-9-14)18(23)13-4-6-15(7-5-13)20-17(22)16-3-2-12-26-16/h2-7,12,14H,8-11H2,1H3,(H,20,22). The van der Waals surface area contributed by atoms with Crippen LogP contribution in [0.1, 0.15) is 32.9 Å². The van der Waals surface area contributed by atoms with Crippen molar-refractivity contribution in [3.63, 3.8) is 0 Å². The quantitative estimate of drug-likeness (QED) is 0.837. The number of hydrogen-bond donors (Lipinski definition) is 1. The van der Waals surface area contributed by atoms with E-state index in [0.717, 1.165) is 0 Å². The van der Waals surface area contributed by atoms with Crippen molar-refractivity contribution in [3.8, 4) is 0 Å². The Kier molecular flexibility index (Phi) is 5.68. The van der Waals surface area contributed by atoms with Crippen LogP contribution < -0.4 is 5.32 Å². The van der Waals surface area contributed by atoms with Crippen LogP contribution >= 0.6 is 11.3 Å². The molecule has 3 rings (SSSR count). The number of thiophene rings is 1. The van der Waals surface area contributed by atoms with E-state index in [1.165, 1.54) is 18.4 Å². The van der Waals surface area contributed by atoms with Crippen LogP contribution in [-0.4, -0.2) is 42.9 Å². The van der Waals surface area contributed by atoms with E-state index in [2.05, 4.69) is 5.32 Å². The predicted molar refractivity (Wildman–Crippen MR) is 99.4 cm³/mol. The zero-order chi connectivity index (χ0) is 18.5. The summed E-state index contributed by atoms with van der Waals surface area (Å²) >= 11 is 1.38. The van der Waals surface area contributed by atoms with Gasteiger partial charge in [0.2, 0.25) is 0 Å². The molecule has 1 aromatic carbocycles. The molecule has 0 aliphatic carbocycles. The number of methoxy groups -OCH3 is 1. The van der Waals surface area contributed by atoms with Crippen molar-refractivity contribution >= 4 is 34.8 Å². The molecule has 0 atom stereocenters. The van der Waals surface area contributed by atoms with E-state index < -0.39 is 0 Å². The van der Waals surface area contributed by atoms with E-state index in [9.17, 15) is 14.4 Å². The zero-order valence-electron chi connectivity index (χ0n) is 14.4. The minimum atomic E-state index is -0.206. The van der Waals surface area contributed by atoms with Gasteiger partial charge in [-0.3, -0.25) is 14.4 Å². The third-order valence-electron chi connectivity index (χ3n) is 4.45. The highest BCUT2D eigenvalue weighted by Crippen LogP contribution is 2.21. The molecule has 1 N–H and O–H groups in total. The average molecular weight is 372 g/mol. The van der Waals surface area contributed by atoms with Gasteiger partial charge in [0.1, 0.15) is 0 Å². The second-order valence-corrected chi connectivity index (χ2v) is 7.05. The van der Waals surface area contributed by atoms with Crippen LogP contribution in [0.4, 0.5) is 5.69 Å². The molecule has 2 aromatic rings. The Morgan fingerprint density at radius 2 is 1.81 bits per heavy atom. The maximum atomic E-state index is 12.6. The van der Waals surface area contributed by atoms with Crippen LogP contribution in [0.25, 0.3) is 0 Å². The number of amides is 2. The number of carbonyl (C=O) groups excluding carboxylic acids is 3. The normalized spacial score (nSPS) is 14.7. The highest BCUT2D eigenvalue weighted by molar-refractivity contribution is 7.12. The lowest BCUT2D eigenvalue weighted by Gasteiger charge is -2.30. The Bertz CT molecular complexity index is 778. The highest BCUT2D eigenvalue weighted by atomic mass is 32.1. The third kappa shape index (κ3) is 4.11. The number of piperidine rings is 1. The number of anilines is 1. The molecule has 136 valence electrons. The number of likely N-dealkylation sites (tertiary alicyclic amines) is 1. The summed E-state index contributed by atoms with van der Waals surface area (Å²) in [5.74, 6) is -0.560. The topological polar surface area (TPSA) is 75.7 Å². The van der Waals surface area contributed by atoms with Gasteiger partial charge in [-0.1, -0.05) is 6.07 Å². The summed E-state index contributed by atoms with van der Waals surface area (Å²) in [5.41, 5.74) is 1.21. The monoisotopic (exact) mass is 372 g/mol. The molecule has 1 fully saturated rings. The molecule has 6 nitrogen and oxygen atoms in total. The van der Waals surface area contributed by atoms with E-state index in [0.29, 0.717) is 42.1 Å². The fourth-order valence-corrected chi connectivity index (χ4v) is 3.58. The van der Waals surface area contributed by atoms with Crippen LogP contribution in [0, 0.1) is 5.92 Å². The zero-order valence-corrected chi connectivity index (χ0v) is 15.3. The van der Waals surface area contributed by atoms with Gasteiger partial charge in [0, 0.05) is 24.3 Å². The van der Waals surface area contributed by atoms with Crippen LogP contribution in [0.5, 0.6) is 0 Å². The van der Waals surface area contributed by atoms with Crippen LogP contribution in [0.2, 0.25) is 0 Å². The molecule has 7 heteroatoms. The Labute approximate surface area is 155 Å². The molecule has 1 aliphatic heterocycles. The maximum Gasteiger partial charge on any atom is 0.308 e. The minimum Gasteiger partial charge on any atom is -0.469 e. The number of rotatable bonds is 4. The van der Waals surface area contributed by atoms with Crippen molar-refractivity contribution in [3.05, 3.63) is 52.2 Å². The van der Waals surface area contributed by atoms with Gasteiger partial charge in [-0.15, -0.1) is 11.3 Å². The van der Waals surface area contributed by atoms with E-state index >= 15 is 0 Å². The molecule has 0 bridgehead atoms. The van der Waals surface area contributed by atoms with Crippen molar-refractivity contribution in [1.82, 2.24) is 4.90 Å². The molecule has 2 amide bonds. The number of carbonyl (C=O) groups is 3. The second-order valence-electron chi connectivity index (χ2n) is 6.10. The molecule has 2 heterocycles. The van der Waals surface area contributed by atoms with Gasteiger partial charge in [-0.05, 0) is 48.6 Å². The molecule has 0 unspecified atom stereocenters. The molecular weight excluding hydrogens is 352 g/mol. The number of nitrogens with one attached hydrogen (secondary N) is 1. The van der Waals surface area contributed by atoms with Crippen LogP contribution in [0.15, 0.2) is 41.8 Å². The molecule has 0 radical (unpaired) electrons. The Morgan fingerprint density at radius 1 is 1.12 bits per heavy atom. The van der Waals surface area contributed by atoms with E-state index in [1.807, 2.05) is 11.4 Å². The van der Waals surface area contributed by atoms with Crippen LogP contribution in [0.3, 0.4) is 0 Å². The van der Waals surface area contributed by atoms with Crippen molar-refractivity contribution in [1.29, 1.82) is 0 Å². The molecule has 0 spiro atoms. The number of nitrogens with zero attached hydrogens (tertiary/aromatic N) is 1. The number of ether oxygens (including phenoxy) is 1. The summed E-state index contributed by atoms with van der Waals surface area (Å²) in [5, 5.41) is 4.66. The lowest BCUT2D eigenvalue weighted by atomic mass is 9.96. The molecule has 1 saturated heterocycles. The summed E-state index contributed by atoms with van der Waals surface area (Å²) in [7, 11) is 1.39. The summed E-state index contributed by atoms with van der Waals surface area (Å²) in [6, 6.07) is 10.4. The first-order chi connectivity index (χ1) is 12.6. The van der Waals surface area contributed by atoms with E-state index in [-0.39, 0.29) is 23.7 Å². The molecular formula is C19H20N2O4S. The van der Waals surface area contributed by atoms with Gasteiger partial charge < -0.3 is 15.0 Å². The summed E-state index contributed by atoms with van der Waals surface area (Å²) in [4.78, 5) is 38.6. The van der Waals surface area contributed by atoms with Crippen molar-refractivity contribution in [2.75, 3.05) is 25.5 Å². The van der Waals surface area contributed by atoms with Gasteiger partial charge in [-0.25, -0.2) is 0 Å². The molecule has 0 saturated carbocycles. The molecule has 26 heavy (non-hydrogen) atoms. The van der Waals surface area contributed by atoms with Gasteiger partial charge in [0.05, 0.1) is 17.9 Å². The lowest BCUT2D eigenvalue weighted by Crippen LogP contribution is -2.40. The number of esters is 1. The van der Waals surface area contributed by atoms with Gasteiger partial charge in [0.25, 0.3) is 11.8 Å². The fraction of sp³-hybridized carbons (Fsp3) is 0.316. The van der Waals surface area contributed by atoms with Gasteiger partial charge in [0.15, 0.2) is 0 Å². The lowest BCUT2D eigenvalue weighted by molar-refractivity contribution is -0.146. The minimum absolute atomic E-state index is 0.0653. The first kappa shape index (κ1) is 18.1. The largest absolute Gasteiger partial charge is 0.469 e. The summed E-state index contributed by atoms with van der Waals surface area (Å²) < 4.78 is 4.77. The number of benzene rings is 1. The van der Waals surface area contributed by atoms with Crippen molar-refractivity contribution in [2.24, 2.45) is 5.92 Å². The molecule has 1 aliphatic rings. The van der Waals surface area contributed by atoms with Crippen LogP contribution in [-0.2, 0) is 9.53 Å². The first-order valence-corrected chi connectivity index (χ1v) is 9.28. The van der Waals surface area contributed by atoms with Crippen molar-refractivity contribution in [2.45, 2.75) is 12.8 Å². The molecule has 1 aromatic heterocycles. The fourth-order valence-electron chi connectivity index (χ4n) is 2.96. The second kappa shape index (κ2) is 8.14. The highest BCUT2D eigenvalue weighted by Gasteiger charge is 2.28.